The van der Waals surface area contributed by atoms with Crippen LogP contribution >= 0.6 is 0 Å². The Labute approximate surface area is 124 Å². The van der Waals surface area contributed by atoms with E-state index in [1.165, 1.54) is 24.3 Å². The highest BCUT2D eigenvalue weighted by atomic mass is 32.2. The van der Waals surface area contributed by atoms with Crippen LogP contribution in [0.3, 0.4) is 0 Å². The molecule has 0 saturated carbocycles. The molecule has 1 aliphatic heterocycles. The van der Waals surface area contributed by atoms with Gasteiger partial charge in [0.25, 0.3) is 0 Å². The maximum absolute atomic E-state index is 11.9. The number of hydrogen-bond acceptors (Lipinski definition) is 5. The number of amides is 1. The Balaban J connectivity index is 2.06. The summed E-state index contributed by atoms with van der Waals surface area (Å²) < 4.78 is 46.0. The first-order valence-electron chi connectivity index (χ1n) is 6.57. The lowest BCUT2D eigenvalue weighted by atomic mass is 10.1. The van der Waals surface area contributed by atoms with Crippen molar-refractivity contribution in [3.8, 4) is 0 Å². The first-order chi connectivity index (χ1) is 9.73. The number of nitrogens with one attached hydrogen (secondary N) is 1. The standard InChI is InChI=1S/C13H17NO5S2/c1-2-21(18,19)12-5-3-11(4-6-12)14-13(15)10-7-8-20(16,17)9-10/h3-6,10H,2,7-9H2,1H3,(H,14,15). The number of rotatable bonds is 4. The highest BCUT2D eigenvalue weighted by Crippen LogP contribution is 2.21. The van der Waals surface area contributed by atoms with E-state index >= 15 is 0 Å². The monoisotopic (exact) mass is 331 g/mol. The molecular weight excluding hydrogens is 314 g/mol. The van der Waals surface area contributed by atoms with Crippen molar-refractivity contribution in [1.29, 1.82) is 0 Å². The van der Waals surface area contributed by atoms with E-state index in [0.29, 0.717) is 12.1 Å². The van der Waals surface area contributed by atoms with Gasteiger partial charge in [0.1, 0.15) is 0 Å². The van der Waals surface area contributed by atoms with Gasteiger partial charge in [0, 0.05) is 5.69 Å². The molecule has 1 saturated heterocycles. The zero-order valence-electron chi connectivity index (χ0n) is 11.6. The lowest BCUT2D eigenvalue weighted by Crippen LogP contribution is -2.23. The molecule has 6 nitrogen and oxygen atoms in total. The number of carbonyl (C=O) groups excluding carboxylic acids is 1. The third kappa shape index (κ3) is 3.82. The molecule has 1 heterocycles. The molecule has 2 rings (SSSR count). The van der Waals surface area contributed by atoms with Gasteiger partial charge in [-0.25, -0.2) is 16.8 Å². The summed E-state index contributed by atoms with van der Waals surface area (Å²) in [6, 6.07) is 5.87. The van der Waals surface area contributed by atoms with Crippen LogP contribution in [-0.4, -0.2) is 40.0 Å². The molecule has 0 bridgehead atoms. The summed E-state index contributed by atoms with van der Waals surface area (Å²) in [4.78, 5) is 12.1. The van der Waals surface area contributed by atoms with Crippen molar-refractivity contribution < 1.29 is 21.6 Å². The van der Waals surface area contributed by atoms with Crippen molar-refractivity contribution >= 4 is 31.3 Å². The molecule has 1 amide bonds. The average Bonchev–Trinajstić information content (AvgIpc) is 2.80. The third-order valence-corrected chi connectivity index (χ3v) is 6.98. The van der Waals surface area contributed by atoms with E-state index in [1.807, 2.05) is 0 Å². The van der Waals surface area contributed by atoms with Crippen LogP contribution in [0.5, 0.6) is 0 Å². The first-order valence-corrected chi connectivity index (χ1v) is 10.0. The molecule has 1 fully saturated rings. The Morgan fingerprint density at radius 3 is 2.38 bits per heavy atom. The molecule has 1 aliphatic rings. The van der Waals surface area contributed by atoms with Gasteiger partial charge >= 0.3 is 0 Å². The van der Waals surface area contributed by atoms with E-state index in [9.17, 15) is 21.6 Å². The SMILES string of the molecule is CCS(=O)(=O)c1ccc(NC(=O)C2CCS(=O)(=O)C2)cc1. The normalized spacial score (nSPS) is 21.1. The number of hydrogen-bond donors (Lipinski definition) is 1. The van der Waals surface area contributed by atoms with Crippen LogP contribution in [0.2, 0.25) is 0 Å². The quantitative estimate of drug-likeness (QED) is 0.882. The zero-order chi connectivity index (χ0) is 15.7. The van der Waals surface area contributed by atoms with Gasteiger partial charge in [-0.05, 0) is 30.7 Å². The predicted octanol–water partition coefficient (Wildman–Crippen LogP) is 0.853. The van der Waals surface area contributed by atoms with Gasteiger partial charge in [0.15, 0.2) is 19.7 Å². The molecule has 1 aromatic rings. The molecule has 1 unspecified atom stereocenters. The molecule has 116 valence electrons. The number of carbonyl (C=O) groups is 1. The Kier molecular flexibility index (Phi) is 4.38. The topological polar surface area (TPSA) is 97.4 Å². The first kappa shape index (κ1) is 16.0. The maximum atomic E-state index is 11.9. The molecule has 0 aromatic heterocycles. The van der Waals surface area contributed by atoms with E-state index in [-0.39, 0.29) is 28.1 Å². The molecule has 1 aromatic carbocycles. The van der Waals surface area contributed by atoms with Crippen LogP contribution in [-0.2, 0) is 24.5 Å². The molecule has 1 atom stereocenters. The van der Waals surface area contributed by atoms with Gasteiger partial charge in [0.2, 0.25) is 5.91 Å². The smallest absolute Gasteiger partial charge is 0.228 e. The second-order valence-electron chi connectivity index (χ2n) is 5.02. The van der Waals surface area contributed by atoms with E-state index in [0.717, 1.165) is 0 Å². The van der Waals surface area contributed by atoms with E-state index in [1.54, 1.807) is 6.92 Å². The minimum Gasteiger partial charge on any atom is -0.326 e. The third-order valence-electron chi connectivity index (χ3n) is 3.46. The van der Waals surface area contributed by atoms with Crippen LogP contribution in [0.1, 0.15) is 13.3 Å². The second-order valence-corrected chi connectivity index (χ2v) is 9.52. The van der Waals surface area contributed by atoms with Crippen LogP contribution in [0.15, 0.2) is 29.2 Å². The Morgan fingerprint density at radius 2 is 1.90 bits per heavy atom. The Bertz CT molecular complexity index is 735. The fourth-order valence-electron chi connectivity index (χ4n) is 2.16. The van der Waals surface area contributed by atoms with Crippen molar-refractivity contribution in [2.24, 2.45) is 5.92 Å². The van der Waals surface area contributed by atoms with E-state index in [4.69, 9.17) is 0 Å². The van der Waals surface area contributed by atoms with Crippen LogP contribution in [0, 0.1) is 5.92 Å². The number of anilines is 1. The van der Waals surface area contributed by atoms with Gasteiger partial charge < -0.3 is 5.32 Å². The summed E-state index contributed by atoms with van der Waals surface area (Å²) in [5, 5.41) is 2.62. The summed E-state index contributed by atoms with van der Waals surface area (Å²) in [7, 11) is -6.37. The van der Waals surface area contributed by atoms with Crippen molar-refractivity contribution in [3.63, 3.8) is 0 Å². The van der Waals surface area contributed by atoms with Gasteiger partial charge in [0.05, 0.1) is 28.1 Å². The van der Waals surface area contributed by atoms with Crippen molar-refractivity contribution in [1.82, 2.24) is 0 Å². The van der Waals surface area contributed by atoms with Gasteiger partial charge in [-0.3, -0.25) is 4.79 Å². The molecule has 0 radical (unpaired) electrons. The highest BCUT2D eigenvalue weighted by Gasteiger charge is 2.32. The van der Waals surface area contributed by atoms with Crippen molar-refractivity contribution in [2.45, 2.75) is 18.2 Å². The minimum atomic E-state index is -3.27. The number of sulfone groups is 2. The van der Waals surface area contributed by atoms with Crippen molar-refractivity contribution in [2.75, 3.05) is 22.6 Å². The zero-order valence-corrected chi connectivity index (χ0v) is 13.2. The Hall–Kier alpha value is -1.41. The van der Waals surface area contributed by atoms with Gasteiger partial charge in [-0.2, -0.15) is 0 Å². The molecular formula is C13H17NO5S2. The number of benzene rings is 1. The maximum Gasteiger partial charge on any atom is 0.228 e. The molecule has 0 spiro atoms. The summed E-state index contributed by atoms with van der Waals surface area (Å²) in [6.45, 7) is 1.56. The minimum absolute atomic E-state index is 0.0125. The summed E-state index contributed by atoms with van der Waals surface area (Å²) >= 11 is 0. The molecule has 0 aliphatic carbocycles. The van der Waals surface area contributed by atoms with Crippen molar-refractivity contribution in [3.05, 3.63) is 24.3 Å². The summed E-state index contributed by atoms with van der Waals surface area (Å²) in [6.07, 6.45) is 0.330. The lowest BCUT2D eigenvalue weighted by molar-refractivity contribution is -0.119. The molecule has 21 heavy (non-hydrogen) atoms. The Morgan fingerprint density at radius 1 is 1.29 bits per heavy atom. The van der Waals surface area contributed by atoms with E-state index in [2.05, 4.69) is 5.32 Å². The summed E-state index contributed by atoms with van der Waals surface area (Å²) in [5.74, 6) is -0.949. The average molecular weight is 331 g/mol. The van der Waals surface area contributed by atoms with Crippen LogP contribution < -0.4 is 5.32 Å². The van der Waals surface area contributed by atoms with E-state index < -0.39 is 25.6 Å². The fraction of sp³-hybridized carbons (Fsp3) is 0.462. The molecule has 1 N–H and O–H groups in total. The lowest BCUT2D eigenvalue weighted by Gasteiger charge is -2.10. The summed E-state index contributed by atoms with van der Waals surface area (Å²) in [5.41, 5.74) is 0.458. The highest BCUT2D eigenvalue weighted by molar-refractivity contribution is 7.91. The largest absolute Gasteiger partial charge is 0.326 e. The second kappa shape index (κ2) is 5.76. The van der Waals surface area contributed by atoms with Gasteiger partial charge in [-0.1, -0.05) is 6.92 Å². The van der Waals surface area contributed by atoms with Crippen LogP contribution in [0.25, 0.3) is 0 Å². The fourth-order valence-corrected chi connectivity index (χ4v) is 4.78. The molecule has 8 heteroatoms. The predicted molar refractivity (Wildman–Crippen MR) is 79.6 cm³/mol. The van der Waals surface area contributed by atoms with Gasteiger partial charge in [-0.15, -0.1) is 0 Å². The van der Waals surface area contributed by atoms with Crippen LogP contribution in [0.4, 0.5) is 5.69 Å².